The van der Waals surface area contributed by atoms with Crippen LogP contribution in [-0.4, -0.2) is 30.4 Å². The summed E-state index contributed by atoms with van der Waals surface area (Å²) in [5.74, 6) is -1.05. The fourth-order valence-electron chi connectivity index (χ4n) is 2.92. The van der Waals surface area contributed by atoms with Crippen molar-refractivity contribution in [3.8, 4) is 5.75 Å². The summed E-state index contributed by atoms with van der Waals surface area (Å²) in [6.07, 6.45) is 3.56. The van der Waals surface area contributed by atoms with Gasteiger partial charge in [-0.15, -0.1) is 0 Å². The maximum absolute atomic E-state index is 13.8. The van der Waals surface area contributed by atoms with Gasteiger partial charge in [-0.2, -0.15) is 8.78 Å². The van der Waals surface area contributed by atoms with E-state index >= 15 is 0 Å². The number of carbonyl (C=O) groups excluding carboxylic acids is 1. The molecule has 0 bridgehead atoms. The standard InChI is InChI=1S/C16H21F3N2O3/c17-12-5-3-7-14(24-15(18)19)11(12)8-20-16(23)21-13-6-2-1-4-10(13)9-22/h3,5,7,10,13,15,22H,1-2,4,6,8-9H2,(H2,20,21,23). The summed E-state index contributed by atoms with van der Waals surface area (Å²) in [5.41, 5.74) is -0.143. The highest BCUT2D eigenvalue weighted by Gasteiger charge is 2.26. The molecule has 0 spiro atoms. The van der Waals surface area contributed by atoms with E-state index in [1.807, 2.05) is 0 Å². The number of alkyl halides is 2. The largest absolute Gasteiger partial charge is 0.434 e. The smallest absolute Gasteiger partial charge is 0.387 e. The van der Waals surface area contributed by atoms with E-state index in [1.54, 1.807) is 0 Å². The van der Waals surface area contributed by atoms with Gasteiger partial charge < -0.3 is 20.5 Å². The summed E-state index contributed by atoms with van der Waals surface area (Å²) < 4.78 is 42.8. The van der Waals surface area contributed by atoms with E-state index < -0.39 is 18.5 Å². The predicted octanol–water partition coefficient (Wildman–Crippen LogP) is 2.78. The molecule has 0 aromatic heterocycles. The number of hydrogen-bond acceptors (Lipinski definition) is 3. The molecule has 134 valence electrons. The maximum atomic E-state index is 13.8. The predicted molar refractivity (Wildman–Crippen MR) is 81.2 cm³/mol. The van der Waals surface area contributed by atoms with Gasteiger partial charge in [0.25, 0.3) is 0 Å². The van der Waals surface area contributed by atoms with Crippen LogP contribution in [0.5, 0.6) is 5.75 Å². The van der Waals surface area contributed by atoms with Crippen LogP contribution in [0.4, 0.5) is 18.0 Å². The minimum Gasteiger partial charge on any atom is -0.434 e. The summed E-state index contributed by atoms with van der Waals surface area (Å²) in [6, 6.07) is 2.89. The van der Waals surface area contributed by atoms with Gasteiger partial charge in [0.2, 0.25) is 0 Å². The van der Waals surface area contributed by atoms with Crippen LogP contribution in [-0.2, 0) is 6.54 Å². The van der Waals surface area contributed by atoms with Gasteiger partial charge >= 0.3 is 12.6 Å². The van der Waals surface area contributed by atoms with Gasteiger partial charge in [-0.3, -0.25) is 0 Å². The molecule has 3 N–H and O–H groups in total. The van der Waals surface area contributed by atoms with E-state index in [9.17, 15) is 23.1 Å². The van der Waals surface area contributed by atoms with Crippen LogP contribution in [0.1, 0.15) is 31.2 Å². The molecule has 1 saturated carbocycles. The van der Waals surface area contributed by atoms with Crippen molar-refractivity contribution >= 4 is 6.03 Å². The van der Waals surface area contributed by atoms with Crippen molar-refractivity contribution in [3.63, 3.8) is 0 Å². The number of aliphatic hydroxyl groups excluding tert-OH is 1. The van der Waals surface area contributed by atoms with E-state index in [1.165, 1.54) is 12.1 Å². The normalized spacial score (nSPS) is 20.7. The number of ether oxygens (including phenoxy) is 1. The van der Waals surface area contributed by atoms with E-state index in [4.69, 9.17) is 0 Å². The molecule has 1 fully saturated rings. The molecule has 1 aromatic carbocycles. The summed E-state index contributed by atoms with van der Waals surface area (Å²) in [5, 5.41) is 14.5. The Balaban J connectivity index is 1.94. The Morgan fingerprint density at radius 1 is 1.33 bits per heavy atom. The lowest BCUT2D eigenvalue weighted by Gasteiger charge is -2.30. The molecular weight excluding hydrogens is 325 g/mol. The molecule has 1 aliphatic carbocycles. The number of nitrogens with one attached hydrogen (secondary N) is 2. The first-order chi connectivity index (χ1) is 11.5. The molecule has 0 heterocycles. The number of amides is 2. The van der Waals surface area contributed by atoms with Crippen molar-refractivity contribution in [2.24, 2.45) is 5.92 Å². The van der Waals surface area contributed by atoms with Gasteiger partial charge in [-0.25, -0.2) is 9.18 Å². The Morgan fingerprint density at radius 3 is 2.79 bits per heavy atom. The molecule has 2 atom stereocenters. The molecule has 8 heteroatoms. The fraction of sp³-hybridized carbons (Fsp3) is 0.562. The summed E-state index contributed by atoms with van der Waals surface area (Å²) >= 11 is 0. The van der Waals surface area contributed by atoms with Crippen molar-refractivity contribution in [2.75, 3.05) is 6.61 Å². The average Bonchev–Trinajstić information content (AvgIpc) is 2.54. The zero-order valence-electron chi connectivity index (χ0n) is 13.1. The zero-order valence-corrected chi connectivity index (χ0v) is 13.1. The number of halogens is 3. The minimum absolute atomic E-state index is 0.00399. The lowest BCUT2D eigenvalue weighted by molar-refractivity contribution is -0.0506. The zero-order chi connectivity index (χ0) is 17.5. The third-order valence-corrected chi connectivity index (χ3v) is 4.18. The Labute approximate surface area is 138 Å². The van der Waals surface area contributed by atoms with Crippen molar-refractivity contribution in [1.29, 1.82) is 0 Å². The van der Waals surface area contributed by atoms with Crippen LogP contribution in [0.2, 0.25) is 0 Å². The minimum atomic E-state index is -3.08. The molecule has 2 rings (SSSR count). The quantitative estimate of drug-likeness (QED) is 0.742. The Morgan fingerprint density at radius 2 is 2.08 bits per heavy atom. The van der Waals surface area contributed by atoms with Gasteiger partial charge in [-0.1, -0.05) is 18.9 Å². The van der Waals surface area contributed by atoms with Crippen LogP contribution in [0, 0.1) is 11.7 Å². The molecule has 2 amide bonds. The number of benzene rings is 1. The second-order valence-electron chi connectivity index (χ2n) is 5.76. The highest BCUT2D eigenvalue weighted by Crippen LogP contribution is 2.25. The molecule has 0 saturated heterocycles. The third kappa shape index (κ3) is 5.02. The first-order valence-corrected chi connectivity index (χ1v) is 7.88. The number of carbonyl (C=O) groups is 1. The number of aliphatic hydroxyl groups is 1. The van der Waals surface area contributed by atoms with Crippen LogP contribution < -0.4 is 15.4 Å². The summed E-state index contributed by atoms with van der Waals surface area (Å²) in [7, 11) is 0. The Hall–Kier alpha value is -1.96. The van der Waals surface area contributed by atoms with Gasteiger partial charge in [0.05, 0.1) is 6.54 Å². The molecule has 1 aromatic rings. The third-order valence-electron chi connectivity index (χ3n) is 4.18. The van der Waals surface area contributed by atoms with Crippen molar-refractivity contribution in [1.82, 2.24) is 10.6 Å². The van der Waals surface area contributed by atoms with Crippen LogP contribution in [0.25, 0.3) is 0 Å². The highest BCUT2D eigenvalue weighted by molar-refractivity contribution is 5.74. The lowest BCUT2D eigenvalue weighted by Crippen LogP contribution is -2.47. The molecule has 0 radical (unpaired) electrons. The van der Waals surface area contributed by atoms with Crippen molar-refractivity contribution in [3.05, 3.63) is 29.6 Å². The average molecular weight is 346 g/mol. The van der Waals surface area contributed by atoms with E-state index in [0.29, 0.717) is 0 Å². The maximum Gasteiger partial charge on any atom is 0.387 e. The Kier molecular flexibility index (Phi) is 6.72. The molecular formula is C16H21F3N2O3. The van der Waals surface area contributed by atoms with Gasteiger partial charge in [-0.05, 0) is 25.0 Å². The molecule has 1 aliphatic rings. The second-order valence-corrected chi connectivity index (χ2v) is 5.76. The van der Waals surface area contributed by atoms with Gasteiger partial charge in [0, 0.05) is 24.1 Å². The van der Waals surface area contributed by atoms with Crippen molar-refractivity contribution in [2.45, 2.75) is 44.9 Å². The van der Waals surface area contributed by atoms with Crippen LogP contribution in [0.15, 0.2) is 18.2 Å². The molecule has 2 unspecified atom stereocenters. The van der Waals surface area contributed by atoms with Crippen molar-refractivity contribution < 1.29 is 27.8 Å². The summed E-state index contributed by atoms with van der Waals surface area (Å²) in [4.78, 5) is 12.0. The SMILES string of the molecule is O=C(NCc1c(F)cccc1OC(F)F)NC1CCCCC1CO. The fourth-order valence-corrected chi connectivity index (χ4v) is 2.92. The van der Waals surface area contributed by atoms with E-state index in [0.717, 1.165) is 31.7 Å². The topological polar surface area (TPSA) is 70.6 Å². The van der Waals surface area contributed by atoms with Crippen LogP contribution in [0.3, 0.4) is 0 Å². The highest BCUT2D eigenvalue weighted by atomic mass is 19.3. The number of hydrogen-bond donors (Lipinski definition) is 3. The second kappa shape index (κ2) is 8.77. The van der Waals surface area contributed by atoms with E-state index in [2.05, 4.69) is 15.4 Å². The molecule has 0 aliphatic heterocycles. The molecule has 24 heavy (non-hydrogen) atoms. The Bertz CT molecular complexity index is 557. The number of rotatable bonds is 6. The van der Waals surface area contributed by atoms with Crippen LogP contribution >= 0.6 is 0 Å². The first-order valence-electron chi connectivity index (χ1n) is 7.88. The summed E-state index contributed by atoms with van der Waals surface area (Å²) in [6.45, 7) is -3.37. The molecule has 5 nitrogen and oxygen atoms in total. The lowest BCUT2D eigenvalue weighted by atomic mass is 9.85. The van der Waals surface area contributed by atoms with Gasteiger partial charge in [0.1, 0.15) is 11.6 Å². The van der Waals surface area contributed by atoms with E-state index in [-0.39, 0.29) is 36.4 Å². The van der Waals surface area contributed by atoms with Gasteiger partial charge in [0.15, 0.2) is 0 Å². The first kappa shape index (κ1) is 18.4. The number of urea groups is 1. The monoisotopic (exact) mass is 346 g/mol.